The van der Waals surface area contributed by atoms with Gasteiger partial charge in [0, 0.05) is 12.4 Å². The van der Waals surface area contributed by atoms with Crippen molar-refractivity contribution in [2.45, 2.75) is 6.42 Å². The van der Waals surface area contributed by atoms with E-state index in [0.29, 0.717) is 0 Å². The zero-order chi connectivity index (χ0) is 6.57. The van der Waals surface area contributed by atoms with Crippen molar-refractivity contribution >= 4 is 11.8 Å². The number of rotatable bonds is 3. The maximum absolute atomic E-state index is 9.95. The van der Waals surface area contributed by atoms with Gasteiger partial charge in [0.05, 0.1) is 0 Å². The Morgan fingerprint density at radius 3 is 1.90 bits per heavy atom. The molecule has 0 atom stereocenters. The van der Waals surface area contributed by atoms with Gasteiger partial charge in [-0.3, -0.25) is 4.79 Å². The molecule has 1 radical (unpaired) electrons. The van der Waals surface area contributed by atoms with Crippen molar-refractivity contribution in [3.63, 3.8) is 0 Å². The predicted molar refractivity (Wildman–Crippen MR) is 21.7 cm³/mol. The van der Waals surface area contributed by atoms with Crippen LogP contribution in [0.2, 0.25) is 0 Å². The SMILES string of the molecule is O=C([O-])CC(=O)CO.[Cl-].[Ir+2]. The molecule has 0 aromatic carbocycles. The second-order valence-electron chi connectivity index (χ2n) is 1.25. The molecule has 6 heteroatoms. The van der Waals surface area contributed by atoms with Crippen molar-refractivity contribution in [3.8, 4) is 0 Å². The van der Waals surface area contributed by atoms with Crippen molar-refractivity contribution in [3.05, 3.63) is 0 Å². The van der Waals surface area contributed by atoms with Gasteiger partial charge in [-0.1, -0.05) is 0 Å². The zero-order valence-electron chi connectivity index (χ0n) is 4.80. The van der Waals surface area contributed by atoms with Crippen LogP contribution >= 0.6 is 0 Å². The summed E-state index contributed by atoms with van der Waals surface area (Å²) < 4.78 is 0. The van der Waals surface area contributed by atoms with E-state index in [0.717, 1.165) is 0 Å². The minimum Gasteiger partial charge on any atom is -1.00 e. The molecule has 0 spiro atoms. The number of aliphatic carboxylic acids is 1. The maximum atomic E-state index is 9.95. The van der Waals surface area contributed by atoms with Crippen molar-refractivity contribution in [2.75, 3.05) is 6.61 Å². The molecule has 0 fully saturated rings. The van der Waals surface area contributed by atoms with Gasteiger partial charge in [-0.05, 0) is 0 Å². The molecule has 0 heterocycles. The van der Waals surface area contributed by atoms with Crippen LogP contribution in [-0.4, -0.2) is 23.5 Å². The Balaban J connectivity index is -0.000000245. The molecule has 4 nitrogen and oxygen atoms in total. The maximum Gasteiger partial charge on any atom is 2.00 e. The molecule has 1 N–H and O–H groups in total. The molecule has 0 rings (SSSR count). The first-order chi connectivity index (χ1) is 3.66. The first-order valence-corrected chi connectivity index (χ1v) is 1.99. The van der Waals surface area contributed by atoms with Gasteiger partial charge in [-0.2, -0.15) is 0 Å². The van der Waals surface area contributed by atoms with E-state index in [1.54, 1.807) is 0 Å². The summed E-state index contributed by atoms with van der Waals surface area (Å²) >= 11 is 0. The fraction of sp³-hybridized carbons (Fsp3) is 0.500. The van der Waals surface area contributed by atoms with Crippen molar-refractivity contribution in [2.24, 2.45) is 0 Å². The third-order valence-electron chi connectivity index (χ3n) is 0.518. The van der Waals surface area contributed by atoms with Crippen LogP contribution in [-0.2, 0) is 29.7 Å². The van der Waals surface area contributed by atoms with Crippen LogP contribution < -0.4 is 17.5 Å². The van der Waals surface area contributed by atoms with Crippen LogP contribution in [0.25, 0.3) is 0 Å². The van der Waals surface area contributed by atoms with Crippen molar-refractivity contribution in [1.82, 2.24) is 0 Å². The molecule has 0 bridgehead atoms. The topological polar surface area (TPSA) is 77.4 Å². The molecule has 0 aliphatic heterocycles. The zero-order valence-corrected chi connectivity index (χ0v) is 7.95. The summed E-state index contributed by atoms with van der Waals surface area (Å²) in [6.07, 6.45) is -0.698. The molecular formula is C4H5ClIrO4. The Bertz CT molecular complexity index is 116. The van der Waals surface area contributed by atoms with E-state index in [9.17, 15) is 14.7 Å². The number of Topliss-reactive ketones (excluding diaryl/α,β-unsaturated/α-hetero) is 1. The van der Waals surface area contributed by atoms with Gasteiger partial charge in [0.1, 0.15) is 6.61 Å². The molecule has 0 saturated heterocycles. The molecule has 0 aromatic rings. The van der Waals surface area contributed by atoms with E-state index in [1.807, 2.05) is 0 Å². The number of carboxylic acids is 1. The van der Waals surface area contributed by atoms with E-state index in [-0.39, 0.29) is 32.5 Å². The number of carbonyl (C=O) groups is 2. The minimum atomic E-state index is -1.45. The van der Waals surface area contributed by atoms with Gasteiger partial charge >= 0.3 is 20.1 Å². The molecule has 0 aromatic heterocycles. The number of carbonyl (C=O) groups excluding carboxylic acids is 2. The fourth-order valence-corrected chi connectivity index (χ4v) is 0.217. The van der Waals surface area contributed by atoms with Crippen LogP contribution in [0.3, 0.4) is 0 Å². The molecule has 0 saturated carbocycles. The Labute approximate surface area is 77.4 Å². The third kappa shape index (κ3) is 10.9. The Morgan fingerprint density at radius 1 is 1.40 bits per heavy atom. The number of hydrogen-bond donors (Lipinski definition) is 1. The van der Waals surface area contributed by atoms with E-state index >= 15 is 0 Å². The minimum absolute atomic E-state index is 0. The summed E-state index contributed by atoms with van der Waals surface area (Å²) in [6, 6.07) is 0. The number of ketones is 1. The van der Waals surface area contributed by atoms with E-state index in [2.05, 4.69) is 0 Å². The summed E-state index contributed by atoms with van der Waals surface area (Å²) in [4.78, 5) is 19.5. The molecule has 61 valence electrons. The van der Waals surface area contributed by atoms with Crippen LogP contribution in [0.15, 0.2) is 0 Å². The van der Waals surface area contributed by atoms with Gasteiger partial charge < -0.3 is 27.4 Å². The van der Waals surface area contributed by atoms with Crippen LogP contribution in [0, 0.1) is 0 Å². The predicted octanol–water partition coefficient (Wildman–Crippen LogP) is -5.31. The Morgan fingerprint density at radius 2 is 1.80 bits per heavy atom. The number of halogens is 1. The van der Waals surface area contributed by atoms with Gasteiger partial charge in [0.15, 0.2) is 5.78 Å². The Kier molecular flexibility index (Phi) is 15.0. The Hall–Kier alpha value is 0.0394. The first-order valence-electron chi connectivity index (χ1n) is 1.99. The van der Waals surface area contributed by atoms with Crippen molar-refractivity contribution < 1.29 is 52.3 Å². The largest absolute Gasteiger partial charge is 2.00 e. The van der Waals surface area contributed by atoms with Crippen LogP contribution in [0.5, 0.6) is 0 Å². The molecular weight excluding hydrogens is 340 g/mol. The normalized spacial score (nSPS) is 6.90. The standard InChI is InChI=1S/C4H6O4.ClH.Ir/c5-2-3(6)1-4(7)8;;/h5H,1-2H2,(H,7,8);1H;/q;;+2/p-2. The van der Waals surface area contributed by atoms with Crippen LogP contribution in [0.4, 0.5) is 0 Å². The average Bonchev–Trinajstić information content (AvgIpc) is 1.65. The first kappa shape index (κ1) is 16.6. The number of carboxylic acid groups (broad SMARTS) is 1. The third-order valence-corrected chi connectivity index (χ3v) is 0.518. The van der Waals surface area contributed by atoms with Crippen molar-refractivity contribution in [1.29, 1.82) is 0 Å². The molecule has 10 heavy (non-hydrogen) atoms. The molecule has 0 aliphatic rings. The summed E-state index contributed by atoms with van der Waals surface area (Å²) in [7, 11) is 0. The van der Waals surface area contributed by atoms with Gasteiger partial charge in [-0.15, -0.1) is 0 Å². The van der Waals surface area contributed by atoms with Crippen LogP contribution in [0.1, 0.15) is 6.42 Å². The van der Waals surface area contributed by atoms with Gasteiger partial charge in [0.25, 0.3) is 0 Å². The monoisotopic (exact) mass is 345 g/mol. The van der Waals surface area contributed by atoms with Gasteiger partial charge in [0.2, 0.25) is 0 Å². The van der Waals surface area contributed by atoms with E-state index in [4.69, 9.17) is 5.11 Å². The quantitative estimate of drug-likeness (QED) is 0.519. The van der Waals surface area contributed by atoms with E-state index in [1.165, 1.54) is 0 Å². The number of aliphatic hydroxyl groups excluding tert-OH is 1. The summed E-state index contributed by atoms with van der Waals surface area (Å²) in [6.45, 7) is -0.728. The summed E-state index contributed by atoms with van der Waals surface area (Å²) in [5, 5.41) is 17.5. The number of hydrogen-bond acceptors (Lipinski definition) is 4. The molecule has 0 unspecified atom stereocenters. The van der Waals surface area contributed by atoms with Gasteiger partial charge in [-0.25, -0.2) is 0 Å². The average molecular weight is 345 g/mol. The molecule has 0 amide bonds. The molecule has 0 aliphatic carbocycles. The van der Waals surface area contributed by atoms with E-state index < -0.39 is 24.8 Å². The summed E-state index contributed by atoms with van der Waals surface area (Å²) in [5.41, 5.74) is 0. The second-order valence-corrected chi connectivity index (χ2v) is 1.25. The smallest absolute Gasteiger partial charge is 1.00 e. The number of aliphatic hydroxyl groups is 1. The fourth-order valence-electron chi connectivity index (χ4n) is 0.217. The second kappa shape index (κ2) is 9.04. The summed E-state index contributed by atoms with van der Waals surface area (Å²) in [5.74, 6) is -2.19.